The molecule has 25 heavy (non-hydrogen) atoms. The summed E-state index contributed by atoms with van der Waals surface area (Å²) < 4.78 is 34.7. The van der Waals surface area contributed by atoms with Crippen LogP contribution in [0, 0.1) is 11.8 Å². The van der Waals surface area contributed by atoms with E-state index in [0.29, 0.717) is 0 Å². The minimum Gasteiger partial charge on any atom is -0.425 e. The van der Waals surface area contributed by atoms with E-state index in [4.69, 9.17) is 5.26 Å². The molecular formula is C16H10F2O6S. The van der Waals surface area contributed by atoms with Crippen molar-refractivity contribution in [2.75, 3.05) is 0 Å². The van der Waals surface area contributed by atoms with Gasteiger partial charge in [-0.3, -0.25) is 9.59 Å². The predicted octanol–water partition coefficient (Wildman–Crippen LogP) is 3.03. The van der Waals surface area contributed by atoms with Gasteiger partial charge in [0, 0.05) is 11.1 Å². The normalized spacial score (nSPS) is 22.1. The Bertz CT molecular complexity index is 817. The number of halogens is 2. The van der Waals surface area contributed by atoms with Gasteiger partial charge in [0.25, 0.3) is 0 Å². The first-order valence-corrected chi connectivity index (χ1v) is 7.76. The van der Waals surface area contributed by atoms with E-state index in [9.17, 15) is 23.2 Å². The van der Waals surface area contributed by atoms with Gasteiger partial charge in [0.2, 0.25) is 0 Å². The van der Waals surface area contributed by atoms with Crippen LogP contribution in [0.1, 0.15) is 20.7 Å². The lowest BCUT2D eigenvalue weighted by Crippen LogP contribution is -2.40. The summed E-state index contributed by atoms with van der Waals surface area (Å²) in [4.78, 5) is 36.8. The highest BCUT2D eigenvalue weighted by Gasteiger charge is 2.48. The van der Waals surface area contributed by atoms with Crippen LogP contribution in [0.4, 0.5) is 8.78 Å². The number of fused-ring (bicyclic) bond motifs is 2. The van der Waals surface area contributed by atoms with Gasteiger partial charge in [-0.1, -0.05) is 36.4 Å². The maximum atomic E-state index is 13.4. The molecule has 1 N–H and O–H groups in total. The van der Waals surface area contributed by atoms with E-state index in [1.165, 1.54) is 30.4 Å². The summed E-state index contributed by atoms with van der Waals surface area (Å²) in [5, 5.41) is 3.89. The van der Waals surface area contributed by atoms with E-state index in [-0.39, 0.29) is 22.7 Å². The molecule has 0 radical (unpaired) electrons. The smallest absolute Gasteiger partial charge is 0.416 e. The van der Waals surface area contributed by atoms with Crippen LogP contribution < -0.4 is 0 Å². The number of ketones is 2. The second-order valence-electron chi connectivity index (χ2n) is 5.30. The van der Waals surface area contributed by atoms with Gasteiger partial charge in [-0.25, -0.2) is 10.1 Å². The number of hydrogen-bond donors (Lipinski definition) is 1. The molecule has 2 unspecified atom stereocenters. The number of Topliss-reactive ketones (excluding diaryl/α,β-unsaturated/α-hetero) is 2. The number of esters is 1. The zero-order chi connectivity index (χ0) is 18.2. The molecular weight excluding hydrogens is 358 g/mol. The SMILES string of the molecule is O=C1c2ccccc2C(=O)C2C(OC(=O)C(F)(F)SOO)=CC=CC12. The molecule has 0 spiro atoms. The van der Waals surface area contributed by atoms with Crippen LogP contribution in [0.2, 0.25) is 0 Å². The lowest BCUT2D eigenvalue weighted by molar-refractivity contribution is -0.161. The van der Waals surface area contributed by atoms with Crippen LogP contribution in [-0.4, -0.2) is 28.0 Å². The summed E-state index contributed by atoms with van der Waals surface area (Å²) in [5.74, 6) is -5.39. The molecule has 0 saturated heterocycles. The molecule has 3 rings (SSSR count). The average molecular weight is 368 g/mol. The number of hydrogen-bond acceptors (Lipinski definition) is 7. The molecule has 0 bridgehead atoms. The number of allylic oxidation sites excluding steroid dienone is 4. The van der Waals surface area contributed by atoms with Gasteiger partial charge in [-0.2, -0.15) is 13.1 Å². The first-order valence-electron chi connectivity index (χ1n) is 7.02. The van der Waals surface area contributed by atoms with Crippen LogP contribution in [0.5, 0.6) is 0 Å². The first-order chi connectivity index (χ1) is 11.9. The van der Waals surface area contributed by atoms with Crippen molar-refractivity contribution in [3.05, 3.63) is 59.4 Å². The largest absolute Gasteiger partial charge is 0.425 e. The number of alkyl halides is 2. The van der Waals surface area contributed by atoms with Crippen molar-refractivity contribution < 1.29 is 37.5 Å². The summed E-state index contributed by atoms with van der Waals surface area (Å²) >= 11 is -0.800. The number of carbonyl (C=O) groups excluding carboxylic acids is 3. The quantitative estimate of drug-likeness (QED) is 0.378. The van der Waals surface area contributed by atoms with E-state index < -0.39 is 40.9 Å². The first kappa shape index (κ1) is 17.5. The fraction of sp³-hybridized carbons (Fsp3) is 0.188. The average Bonchev–Trinajstić information content (AvgIpc) is 2.59. The monoisotopic (exact) mass is 368 g/mol. The molecule has 2 atom stereocenters. The van der Waals surface area contributed by atoms with Crippen LogP contribution >= 0.6 is 12.0 Å². The number of rotatable bonds is 4. The summed E-state index contributed by atoms with van der Waals surface area (Å²) in [6, 6.07) is 6.14. The predicted molar refractivity (Wildman–Crippen MR) is 81.6 cm³/mol. The summed E-state index contributed by atoms with van der Waals surface area (Å²) in [7, 11) is 0. The third kappa shape index (κ3) is 3.01. The van der Waals surface area contributed by atoms with Crippen molar-refractivity contribution in [2.24, 2.45) is 11.8 Å². The number of ether oxygens (including phenoxy) is 1. The van der Waals surface area contributed by atoms with E-state index in [2.05, 4.69) is 9.07 Å². The molecule has 130 valence electrons. The number of carbonyl (C=O) groups is 3. The maximum Gasteiger partial charge on any atom is 0.416 e. The minimum absolute atomic E-state index is 0.144. The lowest BCUT2D eigenvalue weighted by atomic mass is 9.71. The fourth-order valence-electron chi connectivity index (χ4n) is 2.80. The topological polar surface area (TPSA) is 89.9 Å². The highest BCUT2D eigenvalue weighted by molar-refractivity contribution is 7.96. The highest BCUT2D eigenvalue weighted by Crippen LogP contribution is 2.39. The zero-order valence-electron chi connectivity index (χ0n) is 12.3. The van der Waals surface area contributed by atoms with Gasteiger partial charge in [0.1, 0.15) is 17.8 Å². The molecule has 9 heteroatoms. The lowest BCUT2D eigenvalue weighted by Gasteiger charge is -2.31. The van der Waals surface area contributed by atoms with E-state index in [0.717, 1.165) is 0 Å². The molecule has 0 aromatic heterocycles. The van der Waals surface area contributed by atoms with Crippen molar-refractivity contribution in [2.45, 2.75) is 5.25 Å². The molecule has 2 aliphatic rings. The van der Waals surface area contributed by atoms with Gasteiger partial charge in [0.05, 0.1) is 11.8 Å². The maximum absolute atomic E-state index is 13.4. The molecule has 1 aromatic rings. The molecule has 0 fully saturated rings. The Kier molecular flexibility index (Phi) is 4.55. The van der Waals surface area contributed by atoms with Gasteiger partial charge in [-0.05, 0) is 6.08 Å². The Morgan fingerprint density at radius 1 is 1.16 bits per heavy atom. The molecule has 6 nitrogen and oxygen atoms in total. The van der Waals surface area contributed by atoms with Crippen molar-refractivity contribution in [3.8, 4) is 0 Å². The van der Waals surface area contributed by atoms with Gasteiger partial charge >= 0.3 is 11.2 Å². The molecule has 0 saturated carbocycles. The minimum atomic E-state index is -4.19. The second kappa shape index (κ2) is 6.51. The van der Waals surface area contributed by atoms with Gasteiger partial charge in [0.15, 0.2) is 11.6 Å². The number of benzene rings is 1. The van der Waals surface area contributed by atoms with Crippen LogP contribution in [0.25, 0.3) is 0 Å². The summed E-state index contributed by atoms with van der Waals surface area (Å²) in [5.41, 5.74) is 0.381. The van der Waals surface area contributed by atoms with E-state index >= 15 is 0 Å². The molecule has 2 aliphatic carbocycles. The van der Waals surface area contributed by atoms with Crippen molar-refractivity contribution in [3.63, 3.8) is 0 Å². The summed E-state index contributed by atoms with van der Waals surface area (Å²) in [6.45, 7) is 0. The Labute approximate surface area is 144 Å². The van der Waals surface area contributed by atoms with Crippen LogP contribution in [0.15, 0.2) is 48.3 Å². The zero-order valence-corrected chi connectivity index (χ0v) is 13.2. The Balaban J connectivity index is 1.93. The Morgan fingerprint density at radius 3 is 2.44 bits per heavy atom. The van der Waals surface area contributed by atoms with Crippen molar-refractivity contribution in [1.82, 2.24) is 0 Å². The van der Waals surface area contributed by atoms with Gasteiger partial charge < -0.3 is 4.74 Å². The Hall–Kier alpha value is -2.36. The summed E-state index contributed by atoms with van der Waals surface area (Å²) in [6.07, 6.45) is 4.00. The van der Waals surface area contributed by atoms with Crippen LogP contribution in [-0.2, 0) is 13.9 Å². The Morgan fingerprint density at radius 2 is 1.80 bits per heavy atom. The third-order valence-corrected chi connectivity index (χ3v) is 4.33. The van der Waals surface area contributed by atoms with Crippen molar-refractivity contribution >= 4 is 29.6 Å². The van der Waals surface area contributed by atoms with E-state index in [1.54, 1.807) is 12.1 Å². The standard InChI is InChI=1S/C16H10F2O6S/c17-16(18,25-24-22)15(21)23-11-7-3-6-10-12(11)14(20)9-5-2-1-4-8(9)13(10)19/h1-7,10,12,22H. The molecule has 0 heterocycles. The van der Waals surface area contributed by atoms with Gasteiger partial charge in [-0.15, -0.1) is 0 Å². The fourth-order valence-corrected chi connectivity index (χ4v) is 3.00. The highest BCUT2D eigenvalue weighted by atomic mass is 32.2. The van der Waals surface area contributed by atoms with Crippen LogP contribution in [0.3, 0.4) is 0 Å². The second-order valence-corrected chi connectivity index (χ2v) is 6.12. The van der Waals surface area contributed by atoms with E-state index in [1.807, 2.05) is 0 Å². The van der Waals surface area contributed by atoms with Crippen molar-refractivity contribution in [1.29, 1.82) is 0 Å². The molecule has 1 aromatic carbocycles. The molecule has 0 amide bonds. The molecule has 0 aliphatic heterocycles. The third-order valence-electron chi connectivity index (χ3n) is 3.88.